The van der Waals surface area contributed by atoms with Crippen molar-refractivity contribution in [2.45, 2.75) is 97.5 Å². The third-order valence-corrected chi connectivity index (χ3v) is 13.3. The minimum Gasteiger partial charge on any atom is -0.508 e. The van der Waals surface area contributed by atoms with Crippen LogP contribution in [-0.4, -0.2) is 119 Å². The topological polar surface area (TPSA) is 241 Å². The molecule has 0 radical (unpaired) electrons. The maximum absolute atomic E-state index is 13.8. The van der Waals surface area contributed by atoms with Gasteiger partial charge in [0, 0.05) is 9.49 Å². The van der Waals surface area contributed by atoms with E-state index < -0.39 is 104 Å². The van der Waals surface area contributed by atoms with Crippen molar-refractivity contribution >= 4 is 70.7 Å². The smallest absolute Gasteiger partial charge is 0.330 e. The van der Waals surface area contributed by atoms with E-state index in [4.69, 9.17) is 4.74 Å². The minimum atomic E-state index is -1.44. The van der Waals surface area contributed by atoms with Crippen LogP contribution < -0.4 is 21.3 Å². The summed E-state index contributed by atoms with van der Waals surface area (Å²) < 4.78 is 3.57. The highest BCUT2D eigenvalue weighted by Gasteiger charge is 2.65. The average molecular weight is 811 g/mol. The summed E-state index contributed by atoms with van der Waals surface area (Å²) in [6, 6.07) is 4.27. The second kappa shape index (κ2) is 15.0. The van der Waals surface area contributed by atoms with Gasteiger partial charge in [-0.3, -0.25) is 33.6 Å². The lowest BCUT2D eigenvalue weighted by molar-refractivity contribution is -0.163. The number of nitrogens with zero attached hydrogens (tertiary/aromatic N) is 2. The Hall–Kier alpha value is -5.30. The molecule has 0 saturated carbocycles. The molecule has 56 heavy (non-hydrogen) atoms. The van der Waals surface area contributed by atoms with Crippen molar-refractivity contribution in [3.63, 3.8) is 0 Å². The van der Waals surface area contributed by atoms with Crippen LogP contribution in [0.1, 0.15) is 64.3 Å². The van der Waals surface area contributed by atoms with Gasteiger partial charge in [0.2, 0.25) is 35.4 Å². The molecule has 17 nitrogen and oxygen atoms in total. The molecular formula is C37H42N6O11S2. The number of fused-ring (bicyclic) bond motifs is 2. The van der Waals surface area contributed by atoms with Crippen molar-refractivity contribution in [2.75, 3.05) is 7.11 Å². The molecule has 0 bridgehead atoms. The fourth-order valence-corrected chi connectivity index (χ4v) is 10.9. The summed E-state index contributed by atoms with van der Waals surface area (Å²) in [7, 11) is 1.22. The van der Waals surface area contributed by atoms with Gasteiger partial charge in [-0.05, 0) is 70.0 Å². The third-order valence-electron chi connectivity index (χ3n) is 10.2. The van der Waals surface area contributed by atoms with Gasteiger partial charge in [-0.2, -0.15) is 0 Å². The number of hydrogen-bond donors (Lipinski definition) is 6. The van der Waals surface area contributed by atoms with Gasteiger partial charge in [0.1, 0.15) is 64.9 Å². The van der Waals surface area contributed by atoms with Crippen molar-refractivity contribution in [1.29, 1.82) is 0 Å². The lowest BCUT2D eigenvalue weighted by Crippen LogP contribution is -2.71. The van der Waals surface area contributed by atoms with E-state index in [0.29, 0.717) is 0 Å². The summed E-state index contributed by atoms with van der Waals surface area (Å²) in [6.45, 7) is 8.65. The first kappa shape index (κ1) is 40.4. The number of esters is 1. The molecule has 2 aromatic carbocycles. The molecule has 2 aromatic rings. The van der Waals surface area contributed by atoms with Crippen LogP contribution in [0.25, 0.3) is 0 Å². The number of phenols is 2. The number of carbonyl (C=O) groups excluding carboxylic acids is 8. The van der Waals surface area contributed by atoms with E-state index in [9.17, 15) is 48.6 Å². The van der Waals surface area contributed by atoms with Crippen LogP contribution in [0.15, 0.2) is 48.5 Å². The van der Waals surface area contributed by atoms with E-state index in [-0.39, 0.29) is 28.4 Å². The zero-order valence-corrected chi connectivity index (χ0v) is 32.9. The minimum absolute atomic E-state index is 0.114. The first-order chi connectivity index (χ1) is 26.2. The molecular weight excluding hydrogens is 769 g/mol. The number of ketones is 1. The van der Waals surface area contributed by atoms with Crippen LogP contribution in [0.2, 0.25) is 0 Å². The Morgan fingerprint density at radius 2 is 1.07 bits per heavy atom. The molecule has 4 unspecified atom stereocenters. The Bertz CT molecular complexity index is 1990. The predicted octanol–water partition coefficient (Wildman–Crippen LogP) is 0.359. The maximum Gasteiger partial charge on any atom is 0.330 e. The largest absolute Gasteiger partial charge is 0.508 e. The standard InChI is InChI=1S/C37H42N6O11S2/c1-16(44)27-36(2,3)55-33-25(31(51)42(27)33)40-29(49)23(17-7-11-19(45)12-8-17)38-21(47)15-22(48)39-24(18-9-13-20(46)14-10-18)30(50)41-26-32(52)43-28(35(53)54-6)37(4,5)56-34(26)43/h7-14,23-28,33-34,45-46H,15H2,1-6H3,(H,38,47)(H,39,48)(H,40,49)(H,41,50)/t23-,24+,25?,26?,27-,28+,33?,34?/m1/s1. The number of aromatic hydroxyl groups is 2. The van der Waals surface area contributed by atoms with Crippen molar-refractivity contribution in [2.24, 2.45) is 0 Å². The molecule has 19 heteroatoms. The highest BCUT2D eigenvalue weighted by molar-refractivity contribution is 8.02. The number of nitrogens with one attached hydrogen (secondary N) is 4. The van der Waals surface area contributed by atoms with Gasteiger partial charge in [0.25, 0.3) is 0 Å². The summed E-state index contributed by atoms with van der Waals surface area (Å²) in [4.78, 5) is 108. The highest BCUT2D eigenvalue weighted by atomic mass is 32.2. The normalized spacial score (nSPS) is 26.3. The number of carbonyl (C=O) groups is 8. The third kappa shape index (κ3) is 7.36. The highest BCUT2D eigenvalue weighted by Crippen LogP contribution is 2.52. The fourth-order valence-electron chi connectivity index (χ4n) is 7.63. The molecule has 6 amide bonds. The summed E-state index contributed by atoms with van der Waals surface area (Å²) in [5, 5.41) is 28.9. The number of Topliss-reactive ketones (excluding diaryl/α,β-unsaturated/α-hetero) is 1. The second-order valence-electron chi connectivity index (χ2n) is 15.0. The number of phenolic OH excluding ortho intramolecular Hbond substituents is 2. The molecule has 0 aliphatic carbocycles. The number of rotatable bonds is 12. The molecule has 4 aliphatic rings. The lowest BCUT2D eigenvalue weighted by atomic mass is 9.93. The fraction of sp³-hybridized carbons (Fsp3) is 0.459. The maximum atomic E-state index is 13.8. The zero-order chi connectivity index (χ0) is 41.0. The molecule has 6 rings (SSSR count). The van der Waals surface area contributed by atoms with E-state index in [0.717, 1.165) is 0 Å². The predicted molar refractivity (Wildman–Crippen MR) is 201 cm³/mol. The molecule has 4 heterocycles. The Kier molecular flexibility index (Phi) is 10.8. The molecule has 4 saturated heterocycles. The molecule has 8 atom stereocenters. The van der Waals surface area contributed by atoms with Gasteiger partial charge in [-0.25, -0.2) is 4.79 Å². The Morgan fingerprint density at radius 3 is 1.45 bits per heavy atom. The lowest BCUT2D eigenvalue weighted by Gasteiger charge is -2.44. The van der Waals surface area contributed by atoms with Crippen LogP contribution in [0.4, 0.5) is 0 Å². The number of ether oxygens (including phenoxy) is 1. The van der Waals surface area contributed by atoms with Crippen molar-refractivity contribution in [3.05, 3.63) is 59.7 Å². The van der Waals surface area contributed by atoms with E-state index >= 15 is 0 Å². The summed E-state index contributed by atoms with van der Waals surface area (Å²) in [6.07, 6.45) is -0.865. The van der Waals surface area contributed by atoms with Crippen LogP contribution >= 0.6 is 23.5 Å². The zero-order valence-electron chi connectivity index (χ0n) is 31.2. The molecule has 0 aromatic heterocycles. The van der Waals surface area contributed by atoms with Crippen LogP contribution in [0.5, 0.6) is 11.5 Å². The summed E-state index contributed by atoms with van der Waals surface area (Å²) in [5.41, 5.74) is 0.437. The Labute approximate surface area is 330 Å². The molecule has 4 fully saturated rings. The van der Waals surface area contributed by atoms with Gasteiger partial charge in [-0.15, -0.1) is 23.5 Å². The number of thioether (sulfide) groups is 2. The van der Waals surface area contributed by atoms with Gasteiger partial charge in [-0.1, -0.05) is 24.3 Å². The summed E-state index contributed by atoms with van der Waals surface area (Å²) in [5.74, 6) is -5.44. The SMILES string of the molecule is COC(=O)[C@@H]1N2C(=O)C(NC(=O)[C@@H](NC(=O)CC(=O)N[C@@H](C(=O)NC3C(=O)N4C3SC(C)(C)[C@H]4C(C)=O)c3ccc(O)cc3)c3ccc(O)cc3)C2SC1(C)C. The number of benzene rings is 2. The van der Waals surface area contributed by atoms with E-state index in [1.807, 2.05) is 13.8 Å². The van der Waals surface area contributed by atoms with Crippen molar-refractivity contribution in [3.8, 4) is 11.5 Å². The Balaban J connectivity index is 1.14. The van der Waals surface area contributed by atoms with Gasteiger partial charge in [0.05, 0.1) is 7.11 Å². The van der Waals surface area contributed by atoms with Crippen LogP contribution in [0, 0.1) is 0 Å². The number of β-lactam (4-membered cyclic amide) rings is 2. The Morgan fingerprint density at radius 1 is 0.696 bits per heavy atom. The van der Waals surface area contributed by atoms with E-state index in [2.05, 4.69) is 21.3 Å². The van der Waals surface area contributed by atoms with Gasteiger partial charge in [0.15, 0.2) is 5.78 Å². The second-order valence-corrected chi connectivity index (χ2v) is 18.5. The number of hydrogen-bond acceptors (Lipinski definition) is 13. The molecule has 298 valence electrons. The van der Waals surface area contributed by atoms with Gasteiger partial charge >= 0.3 is 5.97 Å². The van der Waals surface area contributed by atoms with Crippen LogP contribution in [-0.2, 0) is 43.1 Å². The number of amides is 6. The molecule has 0 spiro atoms. The van der Waals surface area contributed by atoms with E-state index in [1.54, 1.807) is 13.8 Å². The van der Waals surface area contributed by atoms with E-state index in [1.165, 1.54) is 95.9 Å². The first-order valence-electron chi connectivity index (χ1n) is 17.6. The summed E-state index contributed by atoms with van der Waals surface area (Å²) >= 11 is 2.68. The van der Waals surface area contributed by atoms with Crippen molar-refractivity contribution in [1.82, 2.24) is 31.1 Å². The average Bonchev–Trinajstić information content (AvgIpc) is 3.55. The molecule has 6 N–H and O–H groups in total. The number of methoxy groups -OCH3 is 1. The van der Waals surface area contributed by atoms with Crippen LogP contribution in [0.3, 0.4) is 0 Å². The monoisotopic (exact) mass is 810 g/mol. The van der Waals surface area contributed by atoms with Crippen molar-refractivity contribution < 1.29 is 53.3 Å². The first-order valence-corrected chi connectivity index (χ1v) is 19.4. The van der Waals surface area contributed by atoms with Gasteiger partial charge < -0.3 is 46.0 Å². The quantitative estimate of drug-likeness (QED) is 0.0966. The molecule has 4 aliphatic heterocycles.